The fourth-order valence-electron chi connectivity index (χ4n) is 1.72. The van der Waals surface area contributed by atoms with Gasteiger partial charge in [0, 0.05) is 0 Å². The van der Waals surface area contributed by atoms with Crippen molar-refractivity contribution in [1.29, 1.82) is 0 Å². The summed E-state index contributed by atoms with van der Waals surface area (Å²) in [7, 11) is -2.54. The number of rotatable bonds is 2. The minimum absolute atomic E-state index is 0. The molecule has 0 spiro atoms. The Morgan fingerprint density at radius 1 is 0.812 bits per heavy atom. The van der Waals surface area contributed by atoms with E-state index in [9.17, 15) is 0 Å². The first-order valence-corrected chi connectivity index (χ1v) is 12.9. The molecule has 1 rings (SSSR count). The van der Waals surface area contributed by atoms with Crippen LogP contribution in [0.4, 0.5) is 0 Å². The Morgan fingerprint density at radius 2 is 1.12 bits per heavy atom. The second-order valence-corrected chi connectivity index (χ2v) is 16.7. The zero-order chi connectivity index (χ0) is 11.9. The second-order valence-electron chi connectivity index (χ2n) is 6.18. The average Bonchev–Trinajstić information content (AvgIpc) is 1.99. The maximum Gasteiger partial charge on any atom is 1.00 e. The van der Waals surface area contributed by atoms with Gasteiger partial charge < -0.3 is 12.6 Å². The van der Waals surface area contributed by atoms with Gasteiger partial charge in [0.1, 0.15) is 0 Å². The van der Waals surface area contributed by atoms with Crippen LogP contribution in [0.15, 0.2) is 23.1 Å². The Hall–Kier alpha value is 1.51. The van der Waals surface area contributed by atoms with Crippen LogP contribution in [0.1, 0.15) is 0 Å². The van der Waals surface area contributed by atoms with Crippen LogP contribution in [-0.4, -0.2) is 16.1 Å². The summed E-state index contributed by atoms with van der Waals surface area (Å²) >= 11 is 5.66. The van der Waals surface area contributed by atoms with Crippen molar-refractivity contribution in [1.82, 2.24) is 0 Å². The van der Waals surface area contributed by atoms with Crippen molar-refractivity contribution in [3.63, 3.8) is 0 Å². The van der Waals surface area contributed by atoms with Gasteiger partial charge in [0.15, 0.2) is 0 Å². The Balaban J connectivity index is 0.00000225. The Kier molecular flexibility index (Phi) is 6.68. The molecule has 0 fully saturated rings. The summed E-state index contributed by atoms with van der Waals surface area (Å²) in [6.45, 7) is 14.2. The standard InChI is InChI=1S/C12H22SSi2.K/c1-14(2,3)10-8-7-9-11(12(10)13)15(4,5)6;/h7-9,13H,1-6H3;/q;+1/p-1. The molecule has 0 atom stereocenters. The van der Waals surface area contributed by atoms with Crippen LogP contribution in [0, 0.1) is 0 Å². The topological polar surface area (TPSA) is 0 Å². The number of hydrogen-bond acceptors (Lipinski definition) is 1. The Morgan fingerprint density at radius 3 is 1.38 bits per heavy atom. The molecule has 0 radical (unpaired) electrons. The molecule has 4 heteroatoms. The quantitative estimate of drug-likeness (QED) is 0.532. The van der Waals surface area contributed by atoms with Gasteiger partial charge in [0.2, 0.25) is 0 Å². The van der Waals surface area contributed by atoms with E-state index in [2.05, 4.69) is 57.5 Å². The first-order chi connectivity index (χ1) is 6.64. The van der Waals surface area contributed by atoms with Crippen molar-refractivity contribution in [2.45, 2.75) is 44.2 Å². The smallest absolute Gasteiger partial charge is 0.780 e. The zero-order valence-corrected chi connectivity index (χ0v) is 17.6. The van der Waals surface area contributed by atoms with Crippen molar-refractivity contribution in [3.05, 3.63) is 18.2 Å². The molecule has 0 nitrogen and oxygen atoms in total. The van der Waals surface area contributed by atoms with Crippen LogP contribution in [0.3, 0.4) is 0 Å². The molecule has 16 heavy (non-hydrogen) atoms. The van der Waals surface area contributed by atoms with E-state index < -0.39 is 16.1 Å². The second kappa shape index (κ2) is 6.10. The van der Waals surface area contributed by atoms with E-state index in [4.69, 9.17) is 12.6 Å². The predicted molar refractivity (Wildman–Crippen MR) is 78.0 cm³/mol. The number of hydrogen-bond donors (Lipinski definition) is 0. The van der Waals surface area contributed by atoms with Gasteiger partial charge in [-0.2, -0.15) is 4.90 Å². The van der Waals surface area contributed by atoms with Gasteiger partial charge in [-0.1, -0.05) is 67.9 Å². The largest absolute Gasteiger partial charge is 1.00 e. The monoisotopic (exact) mass is 292 g/mol. The molecule has 0 aliphatic carbocycles. The maximum absolute atomic E-state index is 5.66. The summed E-state index contributed by atoms with van der Waals surface area (Å²) in [6.07, 6.45) is 0. The van der Waals surface area contributed by atoms with Gasteiger partial charge in [-0.3, -0.25) is 0 Å². The third-order valence-electron chi connectivity index (χ3n) is 2.63. The molecule has 0 bridgehead atoms. The molecule has 0 aliphatic rings. The molecule has 0 amide bonds. The van der Waals surface area contributed by atoms with Gasteiger partial charge in [0.25, 0.3) is 0 Å². The van der Waals surface area contributed by atoms with Gasteiger partial charge in [-0.15, -0.1) is 0 Å². The first-order valence-electron chi connectivity index (χ1n) is 5.45. The Labute approximate surface area is 150 Å². The van der Waals surface area contributed by atoms with Crippen LogP contribution in [0.25, 0.3) is 0 Å². The first kappa shape index (κ1) is 17.5. The summed E-state index contributed by atoms with van der Waals surface area (Å²) in [4.78, 5) is 1.16. The molecule has 1 aromatic rings. The molecule has 0 N–H and O–H groups in total. The molecular weight excluding hydrogens is 271 g/mol. The SMILES string of the molecule is C[Si](C)(C)c1cccc([Si](C)(C)C)c1[S-].[K+]. The molecule has 0 aliphatic heterocycles. The Bertz CT molecular complexity index is 332. The van der Waals surface area contributed by atoms with Gasteiger partial charge in [-0.05, 0) is 0 Å². The van der Waals surface area contributed by atoms with Crippen LogP contribution in [-0.2, 0) is 12.6 Å². The molecule has 0 saturated carbocycles. The average molecular weight is 293 g/mol. The zero-order valence-electron chi connectivity index (χ0n) is 11.6. The fourth-order valence-corrected chi connectivity index (χ4v) is 6.64. The van der Waals surface area contributed by atoms with Crippen molar-refractivity contribution in [2.24, 2.45) is 0 Å². The van der Waals surface area contributed by atoms with E-state index in [-0.39, 0.29) is 51.4 Å². The van der Waals surface area contributed by atoms with Crippen LogP contribution >= 0.6 is 0 Å². The molecule has 0 saturated heterocycles. The van der Waals surface area contributed by atoms with E-state index in [0.717, 1.165) is 4.90 Å². The van der Waals surface area contributed by atoms with Gasteiger partial charge in [0.05, 0.1) is 16.1 Å². The summed E-state index contributed by atoms with van der Waals surface area (Å²) in [6, 6.07) is 6.66. The van der Waals surface area contributed by atoms with E-state index >= 15 is 0 Å². The number of benzene rings is 1. The van der Waals surface area contributed by atoms with E-state index in [1.54, 1.807) is 0 Å². The van der Waals surface area contributed by atoms with E-state index in [0.29, 0.717) is 0 Å². The van der Waals surface area contributed by atoms with E-state index in [1.807, 2.05) is 0 Å². The molecule has 1 aromatic carbocycles. The van der Waals surface area contributed by atoms with Crippen LogP contribution in [0.5, 0.6) is 0 Å². The van der Waals surface area contributed by atoms with Crippen molar-refractivity contribution >= 4 is 39.1 Å². The van der Waals surface area contributed by atoms with Crippen molar-refractivity contribution < 1.29 is 51.4 Å². The summed E-state index contributed by atoms with van der Waals surface area (Å²) in [5, 5.41) is 2.91. The maximum atomic E-state index is 5.66. The minimum Gasteiger partial charge on any atom is -0.780 e. The van der Waals surface area contributed by atoms with Crippen LogP contribution in [0.2, 0.25) is 39.3 Å². The van der Waals surface area contributed by atoms with Crippen LogP contribution < -0.4 is 61.8 Å². The van der Waals surface area contributed by atoms with Crippen molar-refractivity contribution in [2.75, 3.05) is 0 Å². The summed E-state index contributed by atoms with van der Waals surface area (Å²) in [5.74, 6) is 0. The third kappa shape index (κ3) is 4.31. The fraction of sp³-hybridized carbons (Fsp3) is 0.500. The minimum atomic E-state index is -1.27. The normalized spacial score (nSPS) is 12.1. The summed E-state index contributed by atoms with van der Waals surface area (Å²) < 4.78 is 0. The predicted octanol–water partition coefficient (Wildman–Crippen LogP) is -0.313. The summed E-state index contributed by atoms with van der Waals surface area (Å²) in [5.41, 5.74) is 0. The van der Waals surface area contributed by atoms with E-state index in [1.165, 1.54) is 10.4 Å². The molecular formula is C12H21KSSi2. The van der Waals surface area contributed by atoms with Gasteiger partial charge >= 0.3 is 51.4 Å². The van der Waals surface area contributed by atoms with Crippen molar-refractivity contribution in [3.8, 4) is 0 Å². The van der Waals surface area contributed by atoms with Gasteiger partial charge in [-0.25, -0.2) is 0 Å². The third-order valence-corrected chi connectivity index (χ3v) is 7.50. The molecule has 84 valence electrons. The molecule has 0 aromatic heterocycles. The molecule has 0 unspecified atom stereocenters. The molecule has 0 heterocycles.